The van der Waals surface area contributed by atoms with E-state index < -0.39 is 0 Å². The maximum atomic E-state index is 11.5. The number of carbonyl (C=O) groups excluding carboxylic acids is 1. The summed E-state index contributed by atoms with van der Waals surface area (Å²) in [5, 5.41) is 0. The number of hydrogen-bond donors (Lipinski definition) is 1. The van der Waals surface area contributed by atoms with Crippen molar-refractivity contribution in [2.45, 2.75) is 45.6 Å². The predicted molar refractivity (Wildman–Crippen MR) is 64.1 cm³/mol. The monoisotopic (exact) mass is 231 g/mol. The summed E-state index contributed by atoms with van der Waals surface area (Å²) in [5.74, 6) is -0.199. The molecule has 0 saturated heterocycles. The topological polar surface area (TPSA) is 61.5 Å². The molecule has 4 heteroatoms. The molecule has 0 aliphatic heterocycles. The van der Waals surface area contributed by atoms with Gasteiger partial charge in [-0.25, -0.2) is 0 Å². The minimum atomic E-state index is -0.235. The first kappa shape index (κ1) is 15.4. The van der Waals surface area contributed by atoms with Gasteiger partial charge < -0.3 is 15.2 Å². The molecule has 0 bridgehead atoms. The zero-order chi connectivity index (χ0) is 12.6. The van der Waals surface area contributed by atoms with Crippen molar-refractivity contribution in [3.8, 4) is 0 Å². The van der Waals surface area contributed by atoms with Gasteiger partial charge in [0.2, 0.25) is 0 Å². The summed E-state index contributed by atoms with van der Waals surface area (Å²) in [4.78, 5) is 11.5. The van der Waals surface area contributed by atoms with E-state index in [-0.39, 0.29) is 17.5 Å². The maximum absolute atomic E-state index is 11.5. The van der Waals surface area contributed by atoms with Crippen LogP contribution < -0.4 is 5.73 Å². The van der Waals surface area contributed by atoms with Gasteiger partial charge in [0, 0.05) is 13.5 Å². The summed E-state index contributed by atoms with van der Waals surface area (Å²) in [6.45, 7) is 6.85. The average molecular weight is 231 g/mol. The van der Waals surface area contributed by atoms with E-state index in [1.807, 2.05) is 20.8 Å². The van der Waals surface area contributed by atoms with E-state index in [4.69, 9.17) is 15.2 Å². The van der Waals surface area contributed by atoms with Crippen molar-refractivity contribution in [3.05, 3.63) is 0 Å². The molecule has 0 radical (unpaired) electrons. The number of nitrogens with two attached hydrogens (primary N) is 1. The van der Waals surface area contributed by atoms with Crippen molar-refractivity contribution >= 4 is 5.97 Å². The Morgan fingerprint density at radius 1 is 1.44 bits per heavy atom. The molecule has 0 aliphatic rings. The number of methoxy groups -OCH3 is 1. The van der Waals surface area contributed by atoms with Gasteiger partial charge in [0.25, 0.3) is 0 Å². The molecule has 0 amide bonds. The van der Waals surface area contributed by atoms with E-state index in [9.17, 15) is 4.79 Å². The van der Waals surface area contributed by atoms with E-state index in [0.29, 0.717) is 19.6 Å². The van der Waals surface area contributed by atoms with Crippen LogP contribution in [0.15, 0.2) is 0 Å². The van der Waals surface area contributed by atoms with Crippen LogP contribution in [0.5, 0.6) is 0 Å². The fraction of sp³-hybridized carbons (Fsp3) is 0.917. The van der Waals surface area contributed by atoms with E-state index in [2.05, 4.69) is 0 Å². The van der Waals surface area contributed by atoms with Gasteiger partial charge in [-0.15, -0.1) is 0 Å². The molecule has 96 valence electrons. The van der Waals surface area contributed by atoms with Gasteiger partial charge in [0.05, 0.1) is 18.1 Å². The molecule has 0 saturated carbocycles. The van der Waals surface area contributed by atoms with Gasteiger partial charge in [-0.1, -0.05) is 6.92 Å². The van der Waals surface area contributed by atoms with E-state index in [1.165, 1.54) is 0 Å². The largest absolute Gasteiger partial charge is 0.465 e. The molecule has 0 rings (SSSR count). The van der Waals surface area contributed by atoms with Crippen molar-refractivity contribution < 1.29 is 14.3 Å². The molecule has 2 N–H and O–H groups in total. The Labute approximate surface area is 98.5 Å². The lowest BCUT2D eigenvalue weighted by Crippen LogP contribution is -2.26. The predicted octanol–water partition coefficient (Wildman–Crippen LogP) is 1.72. The van der Waals surface area contributed by atoms with Gasteiger partial charge >= 0.3 is 5.97 Å². The van der Waals surface area contributed by atoms with Crippen molar-refractivity contribution in [2.24, 2.45) is 11.7 Å². The third kappa shape index (κ3) is 6.80. The van der Waals surface area contributed by atoms with Crippen LogP contribution in [-0.4, -0.2) is 31.8 Å². The summed E-state index contributed by atoms with van der Waals surface area (Å²) < 4.78 is 10.4. The normalized spacial score (nSPS) is 13.6. The number of rotatable bonds is 8. The SMILES string of the molecule is COC(C)(C)CCOC(=O)C(C)CCCN. The third-order valence-electron chi connectivity index (χ3n) is 2.74. The molecular weight excluding hydrogens is 206 g/mol. The van der Waals surface area contributed by atoms with E-state index in [1.54, 1.807) is 7.11 Å². The van der Waals surface area contributed by atoms with Crippen LogP contribution in [0.1, 0.15) is 40.0 Å². The second-order valence-electron chi connectivity index (χ2n) is 4.71. The molecule has 16 heavy (non-hydrogen) atoms. The van der Waals surface area contributed by atoms with E-state index in [0.717, 1.165) is 12.8 Å². The molecule has 1 atom stereocenters. The van der Waals surface area contributed by atoms with Gasteiger partial charge in [-0.2, -0.15) is 0 Å². The van der Waals surface area contributed by atoms with Crippen molar-refractivity contribution in [2.75, 3.05) is 20.3 Å². The van der Waals surface area contributed by atoms with Crippen LogP contribution in [0.3, 0.4) is 0 Å². The van der Waals surface area contributed by atoms with Crippen molar-refractivity contribution in [3.63, 3.8) is 0 Å². The van der Waals surface area contributed by atoms with Crippen LogP contribution in [0.2, 0.25) is 0 Å². The number of ether oxygens (including phenoxy) is 2. The fourth-order valence-corrected chi connectivity index (χ4v) is 1.18. The summed E-state index contributed by atoms with van der Waals surface area (Å²) in [6.07, 6.45) is 2.36. The Bertz CT molecular complexity index is 204. The summed E-state index contributed by atoms with van der Waals surface area (Å²) in [6, 6.07) is 0. The smallest absolute Gasteiger partial charge is 0.308 e. The molecule has 0 aliphatic carbocycles. The fourth-order valence-electron chi connectivity index (χ4n) is 1.18. The van der Waals surface area contributed by atoms with Crippen LogP contribution >= 0.6 is 0 Å². The number of carbonyl (C=O) groups is 1. The Hall–Kier alpha value is -0.610. The zero-order valence-electron chi connectivity index (χ0n) is 10.9. The zero-order valence-corrected chi connectivity index (χ0v) is 10.9. The van der Waals surface area contributed by atoms with Crippen molar-refractivity contribution in [1.29, 1.82) is 0 Å². The third-order valence-corrected chi connectivity index (χ3v) is 2.74. The standard InChI is InChI=1S/C12H25NO3/c1-10(6-5-8-13)11(14)16-9-7-12(2,3)15-4/h10H,5-9,13H2,1-4H3. The highest BCUT2D eigenvalue weighted by molar-refractivity contribution is 5.71. The number of hydrogen-bond acceptors (Lipinski definition) is 4. The molecule has 0 aromatic rings. The second-order valence-corrected chi connectivity index (χ2v) is 4.71. The van der Waals surface area contributed by atoms with Crippen molar-refractivity contribution in [1.82, 2.24) is 0 Å². The minimum Gasteiger partial charge on any atom is -0.465 e. The van der Waals surface area contributed by atoms with Crippen LogP contribution in [-0.2, 0) is 14.3 Å². The second kappa shape index (κ2) is 7.63. The van der Waals surface area contributed by atoms with Crippen LogP contribution in [0.4, 0.5) is 0 Å². The maximum Gasteiger partial charge on any atom is 0.308 e. The first-order valence-corrected chi connectivity index (χ1v) is 5.85. The van der Waals surface area contributed by atoms with Gasteiger partial charge in [-0.05, 0) is 33.2 Å². The molecular formula is C12H25NO3. The lowest BCUT2D eigenvalue weighted by molar-refractivity contribution is -0.149. The molecule has 1 unspecified atom stereocenters. The van der Waals surface area contributed by atoms with Gasteiger partial charge in [0.15, 0.2) is 0 Å². The number of esters is 1. The van der Waals surface area contributed by atoms with Crippen LogP contribution in [0, 0.1) is 5.92 Å². The summed E-state index contributed by atoms with van der Waals surface area (Å²) in [5.41, 5.74) is 5.15. The molecule has 0 heterocycles. The first-order valence-electron chi connectivity index (χ1n) is 5.85. The average Bonchev–Trinajstić information content (AvgIpc) is 2.25. The minimum absolute atomic E-state index is 0.0609. The molecule has 0 fully saturated rings. The van der Waals surface area contributed by atoms with Gasteiger partial charge in [-0.3, -0.25) is 4.79 Å². The molecule has 0 aromatic carbocycles. The molecule has 0 spiro atoms. The highest BCUT2D eigenvalue weighted by Crippen LogP contribution is 2.14. The first-order chi connectivity index (χ1) is 7.43. The Morgan fingerprint density at radius 3 is 2.56 bits per heavy atom. The molecule has 4 nitrogen and oxygen atoms in total. The highest BCUT2D eigenvalue weighted by Gasteiger charge is 2.18. The Morgan fingerprint density at radius 2 is 2.06 bits per heavy atom. The Kier molecular flexibility index (Phi) is 7.34. The summed E-state index contributed by atoms with van der Waals surface area (Å²) >= 11 is 0. The quantitative estimate of drug-likeness (QED) is 0.646. The van der Waals surface area contributed by atoms with Gasteiger partial charge in [0.1, 0.15) is 0 Å². The molecule has 0 aromatic heterocycles. The summed E-state index contributed by atoms with van der Waals surface area (Å²) in [7, 11) is 1.66. The lowest BCUT2D eigenvalue weighted by atomic mass is 10.1. The Balaban J connectivity index is 3.72. The van der Waals surface area contributed by atoms with E-state index >= 15 is 0 Å². The highest BCUT2D eigenvalue weighted by atomic mass is 16.5. The lowest BCUT2D eigenvalue weighted by Gasteiger charge is -2.22. The van der Waals surface area contributed by atoms with Crippen LogP contribution in [0.25, 0.3) is 0 Å².